The summed E-state index contributed by atoms with van der Waals surface area (Å²) in [5, 5.41) is 4.46. The minimum Gasteiger partial charge on any atom is -0.380 e. The Balaban J connectivity index is 2.76. The second kappa shape index (κ2) is 5.88. The molecule has 0 radical (unpaired) electrons. The summed E-state index contributed by atoms with van der Waals surface area (Å²) in [5.41, 5.74) is 8.21. The lowest BCUT2D eigenvalue weighted by Gasteiger charge is -2.12. The molecule has 1 atom stereocenters. The summed E-state index contributed by atoms with van der Waals surface area (Å²) >= 11 is 0. The van der Waals surface area contributed by atoms with Gasteiger partial charge in [-0.05, 0) is 26.3 Å². The highest BCUT2D eigenvalue weighted by Gasteiger charge is 2.13. The van der Waals surface area contributed by atoms with Crippen LogP contribution < -0.4 is 5.73 Å². The predicted octanol–water partition coefficient (Wildman–Crippen LogP) is 1.50. The molecule has 0 aliphatic heterocycles. The lowest BCUT2D eigenvalue weighted by Crippen LogP contribution is -2.21. The van der Waals surface area contributed by atoms with E-state index in [0.717, 1.165) is 24.4 Å². The van der Waals surface area contributed by atoms with Gasteiger partial charge in [0.25, 0.3) is 0 Å². The van der Waals surface area contributed by atoms with Crippen LogP contribution in [0.4, 0.5) is 0 Å². The van der Waals surface area contributed by atoms with Crippen molar-refractivity contribution in [3.63, 3.8) is 0 Å². The largest absolute Gasteiger partial charge is 0.380 e. The number of hydrogen-bond donors (Lipinski definition) is 1. The average Bonchev–Trinajstić information content (AvgIpc) is 2.69. The van der Waals surface area contributed by atoms with Gasteiger partial charge >= 0.3 is 0 Å². The van der Waals surface area contributed by atoms with Crippen molar-refractivity contribution in [3.8, 4) is 0 Å². The van der Waals surface area contributed by atoms with Gasteiger partial charge in [-0.15, -0.1) is 0 Å². The van der Waals surface area contributed by atoms with E-state index in [-0.39, 0.29) is 6.04 Å². The third-order valence-corrected chi connectivity index (χ3v) is 2.40. The van der Waals surface area contributed by atoms with Crippen LogP contribution in [0.2, 0.25) is 0 Å². The molecular formula is C11H21N3O. The highest BCUT2D eigenvalue weighted by Crippen LogP contribution is 2.13. The number of hydrogen-bond acceptors (Lipinski definition) is 3. The van der Waals surface area contributed by atoms with E-state index < -0.39 is 0 Å². The summed E-state index contributed by atoms with van der Waals surface area (Å²) < 4.78 is 7.29. The standard InChI is InChI=1S/C11H21N3O/c1-4-9-7-11(14(5-2)13-9)10(12)8-15-6-3/h7,10H,4-6,8,12H2,1-3H3. The van der Waals surface area contributed by atoms with Crippen molar-refractivity contribution in [2.24, 2.45) is 5.73 Å². The van der Waals surface area contributed by atoms with Gasteiger partial charge in [0.15, 0.2) is 0 Å². The van der Waals surface area contributed by atoms with Gasteiger partial charge in [-0.25, -0.2) is 0 Å². The van der Waals surface area contributed by atoms with E-state index in [0.29, 0.717) is 13.2 Å². The minimum absolute atomic E-state index is 0.0716. The normalized spacial score (nSPS) is 13.1. The minimum atomic E-state index is -0.0716. The van der Waals surface area contributed by atoms with E-state index in [9.17, 15) is 0 Å². The van der Waals surface area contributed by atoms with Crippen LogP contribution in [-0.2, 0) is 17.7 Å². The van der Waals surface area contributed by atoms with Crippen LogP contribution in [0.3, 0.4) is 0 Å². The maximum Gasteiger partial charge on any atom is 0.0704 e. The fourth-order valence-corrected chi connectivity index (χ4v) is 1.54. The molecule has 0 saturated carbocycles. The summed E-state index contributed by atoms with van der Waals surface area (Å²) in [4.78, 5) is 0. The molecule has 1 heterocycles. The summed E-state index contributed by atoms with van der Waals surface area (Å²) in [6.45, 7) is 8.26. The molecule has 0 fully saturated rings. The number of nitrogens with two attached hydrogens (primary N) is 1. The molecule has 1 aromatic heterocycles. The monoisotopic (exact) mass is 211 g/mol. The van der Waals surface area contributed by atoms with Crippen molar-refractivity contribution in [3.05, 3.63) is 17.5 Å². The molecule has 0 amide bonds. The maximum absolute atomic E-state index is 6.04. The molecule has 2 N–H and O–H groups in total. The molecule has 1 unspecified atom stereocenters. The summed E-state index contributed by atoms with van der Waals surface area (Å²) in [6.07, 6.45) is 0.946. The molecule has 0 aliphatic rings. The predicted molar refractivity (Wildman–Crippen MR) is 60.7 cm³/mol. The molecule has 1 rings (SSSR count). The smallest absolute Gasteiger partial charge is 0.0704 e. The Labute approximate surface area is 91.4 Å². The Bertz CT molecular complexity index is 296. The molecule has 86 valence electrons. The second-order valence-corrected chi connectivity index (χ2v) is 3.50. The molecule has 0 aromatic carbocycles. The van der Waals surface area contributed by atoms with E-state index in [1.807, 2.05) is 11.6 Å². The Morgan fingerprint density at radius 3 is 2.73 bits per heavy atom. The first-order valence-corrected chi connectivity index (χ1v) is 5.62. The van der Waals surface area contributed by atoms with E-state index >= 15 is 0 Å². The first kappa shape index (κ1) is 12.2. The van der Waals surface area contributed by atoms with E-state index in [4.69, 9.17) is 10.5 Å². The molecular weight excluding hydrogens is 190 g/mol. The van der Waals surface area contributed by atoms with Gasteiger partial charge in [-0.2, -0.15) is 5.10 Å². The van der Waals surface area contributed by atoms with Crippen LogP contribution in [0.25, 0.3) is 0 Å². The maximum atomic E-state index is 6.04. The van der Waals surface area contributed by atoms with E-state index in [1.165, 1.54) is 0 Å². The van der Waals surface area contributed by atoms with Crippen molar-refractivity contribution in [2.45, 2.75) is 39.8 Å². The zero-order chi connectivity index (χ0) is 11.3. The molecule has 1 aromatic rings. The van der Waals surface area contributed by atoms with Gasteiger partial charge in [0.05, 0.1) is 24.0 Å². The third-order valence-electron chi connectivity index (χ3n) is 2.40. The van der Waals surface area contributed by atoms with E-state index in [2.05, 4.69) is 25.0 Å². The summed E-state index contributed by atoms with van der Waals surface area (Å²) in [7, 11) is 0. The van der Waals surface area contributed by atoms with Crippen molar-refractivity contribution in [1.82, 2.24) is 9.78 Å². The van der Waals surface area contributed by atoms with Crippen LogP contribution in [0.5, 0.6) is 0 Å². The fourth-order valence-electron chi connectivity index (χ4n) is 1.54. The molecule has 4 heteroatoms. The van der Waals surface area contributed by atoms with Crippen molar-refractivity contribution < 1.29 is 4.74 Å². The second-order valence-electron chi connectivity index (χ2n) is 3.50. The molecule has 4 nitrogen and oxygen atoms in total. The van der Waals surface area contributed by atoms with Crippen LogP contribution >= 0.6 is 0 Å². The SMILES string of the molecule is CCOCC(N)c1cc(CC)nn1CC. The van der Waals surface area contributed by atoms with Gasteiger partial charge in [0.1, 0.15) is 0 Å². The summed E-state index contributed by atoms with van der Waals surface area (Å²) in [6, 6.07) is 2.00. The number of aryl methyl sites for hydroxylation is 2. The zero-order valence-corrected chi connectivity index (χ0v) is 9.86. The number of rotatable bonds is 6. The third kappa shape index (κ3) is 3.04. The van der Waals surface area contributed by atoms with Gasteiger partial charge in [0.2, 0.25) is 0 Å². The lowest BCUT2D eigenvalue weighted by atomic mass is 10.2. The van der Waals surface area contributed by atoms with Gasteiger partial charge < -0.3 is 10.5 Å². The van der Waals surface area contributed by atoms with Crippen molar-refractivity contribution in [2.75, 3.05) is 13.2 Å². The van der Waals surface area contributed by atoms with Crippen molar-refractivity contribution >= 4 is 0 Å². The Morgan fingerprint density at radius 1 is 1.47 bits per heavy atom. The topological polar surface area (TPSA) is 53.1 Å². The number of aromatic nitrogens is 2. The molecule has 0 saturated heterocycles. The first-order valence-electron chi connectivity index (χ1n) is 5.62. The Hall–Kier alpha value is -0.870. The Kier molecular flexibility index (Phi) is 4.78. The van der Waals surface area contributed by atoms with Gasteiger partial charge in [-0.3, -0.25) is 4.68 Å². The average molecular weight is 211 g/mol. The fraction of sp³-hybridized carbons (Fsp3) is 0.727. The quantitative estimate of drug-likeness (QED) is 0.776. The number of ether oxygens (including phenoxy) is 1. The molecule has 0 bridgehead atoms. The molecule has 15 heavy (non-hydrogen) atoms. The van der Waals surface area contributed by atoms with Crippen LogP contribution in [0.1, 0.15) is 38.2 Å². The van der Waals surface area contributed by atoms with Crippen LogP contribution in [0.15, 0.2) is 6.07 Å². The van der Waals surface area contributed by atoms with Crippen LogP contribution in [0, 0.1) is 0 Å². The molecule has 0 spiro atoms. The zero-order valence-electron chi connectivity index (χ0n) is 9.86. The number of nitrogens with zero attached hydrogens (tertiary/aromatic N) is 2. The van der Waals surface area contributed by atoms with Crippen molar-refractivity contribution in [1.29, 1.82) is 0 Å². The van der Waals surface area contributed by atoms with Gasteiger partial charge in [-0.1, -0.05) is 6.92 Å². The highest BCUT2D eigenvalue weighted by atomic mass is 16.5. The van der Waals surface area contributed by atoms with Gasteiger partial charge in [0, 0.05) is 13.2 Å². The van der Waals surface area contributed by atoms with E-state index in [1.54, 1.807) is 0 Å². The van der Waals surface area contributed by atoms with Crippen LogP contribution in [-0.4, -0.2) is 23.0 Å². The highest BCUT2D eigenvalue weighted by molar-refractivity contribution is 5.14. The lowest BCUT2D eigenvalue weighted by molar-refractivity contribution is 0.131. The molecule has 0 aliphatic carbocycles. The first-order chi connectivity index (χ1) is 7.22. The summed E-state index contributed by atoms with van der Waals surface area (Å²) in [5.74, 6) is 0. The Morgan fingerprint density at radius 2 is 2.20 bits per heavy atom.